The molecule has 5 nitrogen and oxygen atoms in total. The van der Waals surface area contributed by atoms with Gasteiger partial charge in [-0.05, 0) is 25.7 Å². The molecule has 2 rings (SSSR count). The molecule has 2 aliphatic carbocycles. The number of hydrogen-bond donors (Lipinski definition) is 1. The van der Waals surface area contributed by atoms with Gasteiger partial charge in [-0.25, -0.2) is 4.99 Å². The quantitative estimate of drug-likeness (QED) is 0.476. The summed E-state index contributed by atoms with van der Waals surface area (Å²) in [6, 6.07) is 0. The molecule has 2 saturated carbocycles. The van der Waals surface area contributed by atoms with Gasteiger partial charge in [-0.15, -0.1) is 0 Å². The molecule has 0 unspecified atom stereocenters. The molecule has 0 heterocycles. The van der Waals surface area contributed by atoms with E-state index in [-0.39, 0.29) is 25.7 Å². The second-order valence-electron chi connectivity index (χ2n) is 6.04. The molecular formula is C13H17F6N3O2. The summed E-state index contributed by atoms with van der Waals surface area (Å²) in [7, 11) is 3.17. The first-order valence-corrected chi connectivity index (χ1v) is 6.88. The van der Waals surface area contributed by atoms with Crippen molar-refractivity contribution in [2.24, 2.45) is 21.6 Å². The fourth-order valence-electron chi connectivity index (χ4n) is 1.83. The van der Waals surface area contributed by atoms with Crippen molar-refractivity contribution >= 4 is 18.2 Å². The number of nitrogens with two attached hydrogens (primary N) is 1. The number of nitrogens with zero attached hydrogens (tertiary/aromatic N) is 2. The summed E-state index contributed by atoms with van der Waals surface area (Å²) >= 11 is 0. The van der Waals surface area contributed by atoms with E-state index in [1.54, 1.807) is 14.1 Å². The number of rotatable bonds is 3. The van der Waals surface area contributed by atoms with Gasteiger partial charge in [0.05, 0.1) is 6.34 Å². The van der Waals surface area contributed by atoms with Crippen LogP contribution in [0, 0.1) is 10.8 Å². The Hall–Kier alpha value is -1.81. The molecule has 0 aromatic rings. The lowest BCUT2D eigenvalue weighted by molar-refractivity contribution is -0.191. The second-order valence-corrected chi connectivity index (χ2v) is 6.04. The minimum atomic E-state index is -4.46. The average Bonchev–Trinajstić information content (AvgIpc) is 3.26. The summed E-state index contributed by atoms with van der Waals surface area (Å²) in [6.07, 6.45) is -8.39. The number of carbonyl (C=O) groups is 2. The minimum Gasteiger partial charge on any atom is -0.369 e. The van der Waals surface area contributed by atoms with E-state index in [1.165, 1.54) is 4.90 Å². The van der Waals surface area contributed by atoms with Gasteiger partial charge in [0.15, 0.2) is 0 Å². The van der Waals surface area contributed by atoms with E-state index in [1.807, 2.05) is 0 Å². The zero-order valence-corrected chi connectivity index (χ0v) is 13.0. The van der Waals surface area contributed by atoms with Gasteiger partial charge in [0.1, 0.15) is 10.8 Å². The maximum Gasteiger partial charge on any atom is 0.403 e. The average molecular weight is 361 g/mol. The van der Waals surface area contributed by atoms with Gasteiger partial charge in [0.2, 0.25) is 5.91 Å². The minimum absolute atomic E-state index is 0.139. The Morgan fingerprint density at radius 1 is 0.958 bits per heavy atom. The normalized spacial score (nSPS) is 20.8. The smallest absolute Gasteiger partial charge is 0.369 e. The number of hydrogen-bond acceptors (Lipinski definition) is 2. The topological polar surface area (TPSA) is 75.8 Å². The Kier molecular flexibility index (Phi) is 5.27. The highest BCUT2D eigenvalue weighted by molar-refractivity contribution is 5.91. The van der Waals surface area contributed by atoms with Crippen LogP contribution < -0.4 is 5.73 Å². The highest BCUT2D eigenvalue weighted by Crippen LogP contribution is 2.58. The monoisotopic (exact) mass is 361 g/mol. The molecule has 0 saturated heterocycles. The lowest BCUT2D eigenvalue weighted by Crippen LogP contribution is -2.37. The van der Waals surface area contributed by atoms with Crippen LogP contribution in [-0.4, -0.2) is 49.5 Å². The third-order valence-corrected chi connectivity index (χ3v) is 3.87. The Bertz CT molecular complexity index is 531. The number of primary amides is 1. The second kappa shape index (κ2) is 6.25. The van der Waals surface area contributed by atoms with Crippen LogP contribution in [0.2, 0.25) is 0 Å². The largest absolute Gasteiger partial charge is 0.403 e. The van der Waals surface area contributed by atoms with E-state index in [9.17, 15) is 35.9 Å². The van der Waals surface area contributed by atoms with Crippen molar-refractivity contribution in [3.05, 3.63) is 0 Å². The van der Waals surface area contributed by atoms with Crippen molar-refractivity contribution in [1.82, 2.24) is 4.90 Å². The third kappa shape index (κ3) is 3.99. The van der Waals surface area contributed by atoms with E-state index >= 15 is 0 Å². The summed E-state index contributed by atoms with van der Waals surface area (Å²) in [5, 5.41) is 0. The van der Waals surface area contributed by atoms with Crippen LogP contribution in [0.15, 0.2) is 4.99 Å². The molecular weight excluding hydrogens is 344 g/mol. The van der Waals surface area contributed by atoms with E-state index in [0.29, 0.717) is 0 Å². The lowest BCUT2D eigenvalue weighted by atomic mass is 10.1. The fraction of sp³-hybridized carbons (Fsp3) is 0.769. The summed E-state index contributed by atoms with van der Waals surface area (Å²) < 4.78 is 72.6. The van der Waals surface area contributed by atoms with E-state index in [0.717, 1.165) is 6.34 Å². The number of halogens is 6. The van der Waals surface area contributed by atoms with Gasteiger partial charge in [-0.1, -0.05) is 0 Å². The van der Waals surface area contributed by atoms with Gasteiger partial charge in [0, 0.05) is 14.1 Å². The predicted molar refractivity (Wildman–Crippen MR) is 71.8 cm³/mol. The first-order chi connectivity index (χ1) is 10.7. The van der Waals surface area contributed by atoms with Crippen LogP contribution in [-0.2, 0) is 9.59 Å². The summed E-state index contributed by atoms with van der Waals surface area (Å²) in [5.74, 6) is -2.33. The molecule has 2 fully saturated rings. The van der Waals surface area contributed by atoms with Crippen molar-refractivity contribution in [2.45, 2.75) is 38.0 Å². The number of aliphatic imine (C=N–C) groups is 1. The first kappa shape index (κ1) is 20.2. The highest BCUT2D eigenvalue weighted by atomic mass is 19.4. The van der Waals surface area contributed by atoms with Gasteiger partial charge in [0.25, 0.3) is 5.91 Å². The Labute approximate surface area is 133 Å². The zero-order valence-electron chi connectivity index (χ0n) is 13.0. The van der Waals surface area contributed by atoms with Crippen LogP contribution in [0.25, 0.3) is 0 Å². The van der Waals surface area contributed by atoms with Gasteiger partial charge in [-0.2, -0.15) is 26.3 Å². The number of alkyl halides is 6. The fourth-order valence-corrected chi connectivity index (χ4v) is 1.83. The van der Waals surface area contributed by atoms with E-state index in [4.69, 9.17) is 0 Å². The molecule has 0 bridgehead atoms. The van der Waals surface area contributed by atoms with E-state index < -0.39 is 35.0 Å². The molecule has 2 aliphatic rings. The molecule has 0 aromatic heterocycles. The molecule has 0 radical (unpaired) electrons. The van der Waals surface area contributed by atoms with Crippen molar-refractivity contribution < 1.29 is 35.9 Å². The maximum absolute atomic E-state index is 12.4. The lowest BCUT2D eigenvalue weighted by Gasteiger charge is -2.15. The van der Waals surface area contributed by atoms with Crippen molar-refractivity contribution in [1.29, 1.82) is 0 Å². The summed E-state index contributed by atoms with van der Waals surface area (Å²) in [5.41, 5.74) is 0.205. The number of amides is 2. The molecule has 2 N–H and O–H groups in total. The predicted octanol–water partition coefficient (Wildman–Crippen LogP) is 2.26. The molecule has 0 atom stereocenters. The standard InChI is InChI=1S/C8H11F3N2O.C5H6F3NO/c1-13(2)5-12-6(14)7(3-4-7)8(9,10)11;6-5(7,8)4(1-2-4)3(9)10/h5H,3-4H2,1-2H3;1-2H2,(H2,9,10)/b12-5+;. The van der Waals surface area contributed by atoms with Gasteiger partial charge >= 0.3 is 12.4 Å². The van der Waals surface area contributed by atoms with Crippen molar-refractivity contribution in [3.63, 3.8) is 0 Å². The Morgan fingerprint density at radius 2 is 1.33 bits per heavy atom. The van der Waals surface area contributed by atoms with Crippen molar-refractivity contribution in [2.75, 3.05) is 14.1 Å². The molecule has 2 amide bonds. The maximum atomic E-state index is 12.4. The molecule has 24 heavy (non-hydrogen) atoms. The van der Waals surface area contributed by atoms with Gasteiger partial charge in [-0.3, -0.25) is 9.59 Å². The Balaban J connectivity index is 0.000000254. The molecule has 11 heteroatoms. The summed E-state index contributed by atoms with van der Waals surface area (Å²) in [4.78, 5) is 26.1. The van der Waals surface area contributed by atoms with Gasteiger partial charge < -0.3 is 10.6 Å². The van der Waals surface area contributed by atoms with Crippen LogP contribution >= 0.6 is 0 Å². The molecule has 0 aliphatic heterocycles. The molecule has 0 aromatic carbocycles. The van der Waals surface area contributed by atoms with Crippen molar-refractivity contribution in [3.8, 4) is 0 Å². The van der Waals surface area contributed by atoms with E-state index in [2.05, 4.69) is 10.7 Å². The Morgan fingerprint density at radius 3 is 1.50 bits per heavy atom. The zero-order chi connectivity index (χ0) is 19.0. The van der Waals surface area contributed by atoms with Crippen LogP contribution in [0.3, 0.4) is 0 Å². The SMILES string of the molecule is CN(C)/C=N/C(=O)C1(C(F)(F)F)CC1.NC(=O)C1(C(F)(F)F)CC1. The molecule has 0 spiro atoms. The van der Waals surface area contributed by atoms with Crippen LogP contribution in [0.5, 0.6) is 0 Å². The highest BCUT2D eigenvalue weighted by Gasteiger charge is 2.68. The third-order valence-electron chi connectivity index (χ3n) is 3.87. The van der Waals surface area contributed by atoms with Crippen LogP contribution in [0.1, 0.15) is 25.7 Å². The van der Waals surface area contributed by atoms with Crippen LogP contribution in [0.4, 0.5) is 26.3 Å². The molecule has 138 valence electrons. The first-order valence-electron chi connectivity index (χ1n) is 6.88. The summed E-state index contributed by atoms with van der Waals surface area (Å²) in [6.45, 7) is 0. The number of carbonyl (C=O) groups excluding carboxylic acids is 2.